The van der Waals surface area contributed by atoms with Crippen LogP contribution in [0, 0.1) is 0 Å². The summed E-state index contributed by atoms with van der Waals surface area (Å²) in [6.07, 6.45) is 0. The average Bonchev–Trinajstić information content (AvgIpc) is 2.84. The van der Waals surface area contributed by atoms with Crippen molar-refractivity contribution in [3.63, 3.8) is 0 Å². The Kier molecular flexibility index (Phi) is 7.37. The van der Waals surface area contributed by atoms with E-state index in [1.165, 1.54) is 40.5 Å². The largest absolute Gasteiger partial charge is 0.497 e. The van der Waals surface area contributed by atoms with Crippen LogP contribution in [-0.4, -0.2) is 53.6 Å². The van der Waals surface area contributed by atoms with Gasteiger partial charge >= 0.3 is 0 Å². The Balaban J connectivity index is 1.60. The van der Waals surface area contributed by atoms with Crippen LogP contribution in [0.15, 0.2) is 83.8 Å². The number of hydrogen-bond donors (Lipinski definition) is 0. The highest BCUT2D eigenvalue weighted by atomic mass is 32.2. The number of sulfonamides is 1. The standard InChI is InChI=1S/C24H26N2O5S/c1-25(17-18-31-22-13-11-21(30-3)12-14-22)24(27)19-9-15-23(16-10-19)32(28,29)26(2)20-7-5-4-6-8-20/h4-16H,17-18H2,1-3H3. The molecule has 168 valence electrons. The lowest BCUT2D eigenvalue weighted by Gasteiger charge is -2.20. The van der Waals surface area contributed by atoms with Crippen molar-refractivity contribution < 1.29 is 22.7 Å². The molecule has 0 N–H and O–H groups in total. The van der Waals surface area contributed by atoms with E-state index in [-0.39, 0.29) is 10.8 Å². The third kappa shape index (κ3) is 5.39. The van der Waals surface area contributed by atoms with Crippen molar-refractivity contribution in [3.8, 4) is 11.5 Å². The summed E-state index contributed by atoms with van der Waals surface area (Å²) in [6.45, 7) is 0.699. The molecule has 3 aromatic rings. The number of methoxy groups -OCH3 is 1. The van der Waals surface area contributed by atoms with Crippen LogP contribution < -0.4 is 13.8 Å². The maximum absolute atomic E-state index is 12.9. The number of carbonyl (C=O) groups excluding carboxylic acids is 1. The predicted octanol–water partition coefficient (Wildman–Crippen LogP) is 3.67. The van der Waals surface area contributed by atoms with Crippen LogP contribution in [0.2, 0.25) is 0 Å². The minimum absolute atomic E-state index is 0.117. The first-order valence-corrected chi connectivity index (χ1v) is 11.4. The van der Waals surface area contributed by atoms with Gasteiger partial charge in [0.05, 0.1) is 24.2 Å². The molecule has 8 heteroatoms. The van der Waals surface area contributed by atoms with Crippen molar-refractivity contribution in [2.75, 3.05) is 38.7 Å². The maximum atomic E-state index is 12.9. The number of nitrogens with zero attached hydrogens (tertiary/aromatic N) is 2. The topological polar surface area (TPSA) is 76.1 Å². The molecule has 3 aromatic carbocycles. The number of likely N-dealkylation sites (N-methyl/N-ethyl adjacent to an activating group) is 1. The highest BCUT2D eigenvalue weighted by Crippen LogP contribution is 2.22. The molecule has 0 saturated carbocycles. The normalized spacial score (nSPS) is 11.0. The van der Waals surface area contributed by atoms with E-state index in [9.17, 15) is 13.2 Å². The van der Waals surface area contributed by atoms with Gasteiger partial charge in [-0.15, -0.1) is 0 Å². The van der Waals surface area contributed by atoms with Gasteiger partial charge in [0.2, 0.25) is 0 Å². The monoisotopic (exact) mass is 454 g/mol. The number of benzene rings is 3. The van der Waals surface area contributed by atoms with Gasteiger partial charge in [-0.1, -0.05) is 18.2 Å². The van der Waals surface area contributed by atoms with E-state index in [2.05, 4.69) is 0 Å². The first kappa shape index (κ1) is 23.1. The zero-order chi connectivity index (χ0) is 23.1. The number of para-hydroxylation sites is 1. The fraction of sp³-hybridized carbons (Fsp3) is 0.208. The Hall–Kier alpha value is -3.52. The summed E-state index contributed by atoms with van der Waals surface area (Å²) in [5.41, 5.74) is 0.961. The molecule has 0 heterocycles. The van der Waals surface area contributed by atoms with E-state index in [1.54, 1.807) is 62.7 Å². The Labute approximate surface area is 188 Å². The number of anilines is 1. The van der Waals surface area contributed by atoms with Crippen molar-refractivity contribution in [3.05, 3.63) is 84.4 Å². The zero-order valence-corrected chi connectivity index (χ0v) is 19.1. The molecule has 0 fully saturated rings. The minimum Gasteiger partial charge on any atom is -0.497 e. The second kappa shape index (κ2) is 10.2. The van der Waals surface area contributed by atoms with Gasteiger partial charge in [0.1, 0.15) is 18.1 Å². The Morgan fingerprint density at radius 2 is 1.44 bits per heavy atom. The fourth-order valence-electron chi connectivity index (χ4n) is 3.00. The van der Waals surface area contributed by atoms with Crippen LogP contribution in [-0.2, 0) is 10.0 Å². The second-order valence-corrected chi connectivity index (χ2v) is 9.05. The minimum atomic E-state index is -3.73. The Morgan fingerprint density at radius 3 is 2.03 bits per heavy atom. The number of amides is 1. The highest BCUT2D eigenvalue weighted by Gasteiger charge is 2.22. The lowest BCUT2D eigenvalue weighted by molar-refractivity contribution is 0.0773. The van der Waals surface area contributed by atoms with Crippen LogP contribution in [0.25, 0.3) is 0 Å². The first-order chi connectivity index (χ1) is 15.3. The van der Waals surface area contributed by atoms with E-state index >= 15 is 0 Å². The summed E-state index contributed by atoms with van der Waals surface area (Å²) < 4.78 is 37.7. The smallest absolute Gasteiger partial charge is 0.264 e. The van der Waals surface area contributed by atoms with Gasteiger partial charge in [0, 0.05) is 19.7 Å². The van der Waals surface area contributed by atoms with Crippen LogP contribution in [0.4, 0.5) is 5.69 Å². The molecule has 7 nitrogen and oxygen atoms in total. The molecule has 1 amide bonds. The Bertz CT molecular complexity index is 1130. The molecule has 3 rings (SSSR count). The summed E-state index contributed by atoms with van der Waals surface area (Å²) in [5, 5.41) is 0. The van der Waals surface area contributed by atoms with E-state index < -0.39 is 10.0 Å². The van der Waals surface area contributed by atoms with Crippen molar-refractivity contribution in [2.45, 2.75) is 4.90 Å². The molecule has 0 aromatic heterocycles. The summed E-state index contributed by atoms with van der Waals surface area (Å²) in [5.74, 6) is 1.21. The summed E-state index contributed by atoms with van der Waals surface area (Å²) in [4.78, 5) is 14.3. The average molecular weight is 455 g/mol. The quantitative estimate of drug-likeness (QED) is 0.493. The molecule has 0 spiro atoms. The van der Waals surface area contributed by atoms with Gasteiger partial charge in [-0.25, -0.2) is 8.42 Å². The van der Waals surface area contributed by atoms with Crippen molar-refractivity contribution in [1.29, 1.82) is 0 Å². The molecule has 0 bridgehead atoms. The summed E-state index contributed by atoms with van der Waals surface area (Å²) in [6, 6.07) is 22.0. The lowest BCUT2D eigenvalue weighted by Crippen LogP contribution is -2.31. The third-order valence-corrected chi connectivity index (χ3v) is 6.78. The molecular weight excluding hydrogens is 428 g/mol. The van der Waals surface area contributed by atoms with Gasteiger partial charge in [0.15, 0.2) is 0 Å². The van der Waals surface area contributed by atoms with Crippen LogP contribution in [0.3, 0.4) is 0 Å². The molecule has 0 aliphatic carbocycles. The number of carbonyl (C=O) groups is 1. The zero-order valence-electron chi connectivity index (χ0n) is 18.3. The van der Waals surface area contributed by atoms with Crippen molar-refractivity contribution >= 4 is 21.6 Å². The Morgan fingerprint density at radius 1 is 0.844 bits per heavy atom. The van der Waals surface area contributed by atoms with Gasteiger partial charge in [0.25, 0.3) is 15.9 Å². The predicted molar refractivity (Wildman–Crippen MR) is 124 cm³/mol. The van der Waals surface area contributed by atoms with E-state index in [1.807, 2.05) is 6.07 Å². The molecule has 0 unspecified atom stereocenters. The van der Waals surface area contributed by atoms with Gasteiger partial charge in [-0.3, -0.25) is 9.10 Å². The molecule has 0 saturated heterocycles. The van der Waals surface area contributed by atoms with Crippen LogP contribution in [0.5, 0.6) is 11.5 Å². The molecule has 32 heavy (non-hydrogen) atoms. The third-order valence-electron chi connectivity index (χ3n) is 4.98. The molecule has 0 atom stereocenters. The van der Waals surface area contributed by atoms with Crippen molar-refractivity contribution in [2.24, 2.45) is 0 Å². The number of ether oxygens (including phenoxy) is 2. The molecule has 0 radical (unpaired) electrons. The van der Waals surface area contributed by atoms with Gasteiger partial charge in [-0.05, 0) is 60.7 Å². The van der Waals surface area contributed by atoms with E-state index in [0.717, 1.165) is 5.75 Å². The SMILES string of the molecule is COc1ccc(OCCN(C)C(=O)c2ccc(S(=O)(=O)N(C)c3ccccc3)cc2)cc1. The van der Waals surface area contributed by atoms with Gasteiger partial charge < -0.3 is 14.4 Å². The first-order valence-electron chi connectivity index (χ1n) is 9.99. The van der Waals surface area contributed by atoms with Gasteiger partial charge in [-0.2, -0.15) is 0 Å². The van der Waals surface area contributed by atoms with Crippen molar-refractivity contribution in [1.82, 2.24) is 4.90 Å². The maximum Gasteiger partial charge on any atom is 0.264 e. The molecular formula is C24H26N2O5S. The lowest BCUT2D eigenvalue weighted by atomic mass is 10.2. The number of rotatable bonds is 9. The van der Waals surface area contributed by atoms with E-state index in [4.69, 9.17) is 9.47 Å². The summed E-state index contributed by atoms with van der Waals surface area (Å²) >= 11 is 0. The fourth-order valence-corrected chi connectivity index (χ4v) is 4.19. The summed E-state index contributed by atoms with van der Waals surface area (Å²) in [7, 11) is 1.05. The number of hydrogen-bond acceptors (Lipinski definition) is 5. The highest BCUT2D eigenvalue weighted by molar-refractivity contribution is 7.92. The molecule has 0 aliphatic rings. The van der Waals surface area contributed by atoms with E-state index in [0.29, 0.717) is 30.2 Å². The molecule has 0 aliphatic heterocycles. The second-order valence-electron chi connectivity index (χ2n) is 7.08. The van der Waals surface area contributed by atoms with Crippen LogP contribution >= 0.6 is 0 Å². The van der Waals surface area contributed by atoms with Crippen LogP contribution in [0.1, 0.15) is 10.4 Å².